The second kappa shape index (κ2) is 6.17. The summed E-state index contributed by atoms with van der Waals surface area (Å²) in [5.74, 6) is 0.562. The highest BCUT2D eigenvalue weighted by Gasteiger charge is 1.95. The van der Waals surface area contributed by atoms with Gasteiger partial charge in [-0.3, -0.25) is 0 Å². The van der Waals surface area contributed by atoms with E-state index in [1.54, 1.807) is 0 Å². The predicted octanol–water partition coefficient (Wildman–Crippen LogP) is 3.13. The Morgan fingerprint density at radius 1 is 1.29 bits per heavy atom. The van der Waals surface area contributed by atoms with Crippen molar-refractivity contribution in [3.05, 3.63) is 34.3 Å². The molecule has 0 fully saturated rings. The van der Waals surface area contributed by atoms with Gasteiger partial charge in [0, 0.05) is 11.0 Å². The molecule has 0 saturated heterocycles. The van der Waals surface area contributed by atoms with Crippen molar-refractivity contribution in [2.45, 2.75) is 20.4 Å². The summed E-state index contributed by atoms with van der Waals surface area (Å²) in [7, 11) is 0. The van der Waals surface area contributed by atoms with E-state index in [9.17, 15) is 0 Å². The summed E-state index contributed by atoms with van der Waals surface area (Å²) in [6.45, 7) is 5.75. The Morgan fingerprint density at radius 3 is 2.50 bits per heavy atom. The van der Waals surface area contributed by atoms with E-state index >= 15 is 0 Å². The SMILES string of the molecule is CC(C)CONCc1ccc(Br)cc1. The fraction of sp³-hybridized carbons (Fsp3) is 0.455. The molecule has 1 rings (SSSR count). The molecule has 0 amide bonds. The molecular formula is C11H16BrNO. The first-order chi connectivity index (χ1) is 6.68. The van der Waals surface area contributed by atoms with Crippen LogP contribution in [0.1, 0.15) is 19.4 Å². The summed E-state index contributed by atoms with van der Waals surface area (Å²) in [5.41, 5.74) is 4.16. The third kappa shape index (κ3) is 4.74. The van der Waals surface area contributed by atoms with Crippen LogP contribution in [-0.4, -0.2) is 6.61 Å². The zero-order valence-corrected chi connectivity index (χ0v) is 10.2. The molecule has 14 heavy (non-hydrogen) atoms. The van der Waals surface area contributed by atoms with Crippen molar-refractivity contribution < 1.29 is 4.84 Å². The summed E-state index contributed by atoms with van der Waals surface area (Å²) in [6, 6.07) is 8.19. The summed E-state index contributed by atoms with van der Waals surface area (Å²) in [6.07, 6.45) is 0. The molecule has 1 aromatic carbocycles. The highest BCUT2D eigenvalue weighted by molar-refractivity contribution is 9.10. The molecule has 1 aromatic rings. The third-order valence-corrected chi connectivity index (χ3v) is 2.24. The van der Waals surface area contributed by atoms with Gasteiger partial charge in [0.25, 0.3) is 0 Å². The van der Waals surface area contributed by atoms with Crippen molar-refractivity contribution in [3.63, 3.8) is 0 Å². The number of halogens is 1. The molecule has 0 heterocycles. The van der Waals surface area contributed by atoms with E-state index in [2.05, 4.69) is 47.4 Å². The summed E-state index contributed by atoms with van der Waals surface area (Å²) in [4.78, 5) is 5.27. The van der Waals surface area contributed by atoms with Crippen molar-refractivity contribution in [3.8, 4) is 0 Å². The molecule has 78 valence electrons. The van der Waals surface area contributed by atoms with Crippen molar-refractivity contribution in [1.29, 1.82) is 0 Å². The molecule has 0 spiro atoms. The molecule has 1 N–H and O–H groups in total. The van der Waals surface area contributed by atoms with E-state index in [4.69, 9.17) is 4.84 Å². The molecule has 0 radical (unpaired) electrons. The van der Waals surface area contributed by atoms with Crippen LogP contribution in [0.2, 0.25) is 0 Å². The van der Waals surface area contributed by atoms with Gasteiger partial charge in [0.2, 0.25) is 0 Å². The van der Waals surface area contributed by atoms with E-state index in [0.717, 1.165) is 17.6 Å². The summed E-state index contributed by atoms with van der Waals surface area (Å²) in [5, 5.41) is 0. The number of nitrogens with one attached hydrogen (secondary N) is 1. The van der Waals surface area contributed by atoms with Crippen LogP contribution in [0.15, 0.2) is 28.7 Å². The Kier molecular flexibility index (Phi) is 5.15. The largest absolute Gasteiger partial charge is 0.301 e. The second-order valence-corrected chi connectivity index (χ2v) is 4.57. The lowest BCUT2D eigenvalue weighted by molar-refractivity contribution is 0.0196. The van der Waals surface area contributed by atoms with Crippen LogP contribution >= 0.6 is 15.9 Å². The van der Waals surface area contributed by atoms with Crippen molar-refractivity contribution >= 4 is 15.9 Å². The van der Waals surface area contributed by atoms with Crippen LogP contribution in [0.4, 0.5) is 0 Å². The predicted molar refractivity (Wildman–Crippen MR) is 61.8 cm³/mol. The van der Waals surface area contributed by atoms with E-state index < -0.39 is 0 Å². The quantitative estimate of drug-likeness (QED) is 0.647. The molecule has 2 nitrogen and oxygen atoms in total. The van der Waals surface area contributed by atoms with Crippen LogP contribution in [0, 0.1) is 5.92 Å². The lowest BCUT2D eigenvalue weighted by Crippen LogP contribution is -2.17. The van der Waals surface area contributed by atoms with Crippen LogP contribution in [0.25, 0.3) is 0 Å². The highest BCUT2D eigenvalue weighted by atomic mass is 79.9. The molecule has 0 aromatic heterocycles. The number of hydroxylamine groups is 1. The Labute approximate surface area is 93.7 Å². The highest BCUT2D eigenvalue weighted by Crippen LogP contribution is 2.10. The van der Waals surface area contributed by atoms with Gasteiger partial charge in [-0.25, -0.2) is 0 Å². The number of rotatable bonds is 5. The number of hydrogen-bond donors (Lipinski definition) is 1. The average Bonchev–Trinajstić information content (AvgIpc) is 2.15. The van der Waals surface area contributed by atoms with E-state index in [-0.39, 0.29) is 0 Å². The fourth-order valence-electron chi connectivity index (χ4n) is 0.962. The summed E-state index contributed by atoms with van der Waals surface area (Å²) < 4.78 is 1.10. The maximum atomic E-state index is 5.27. The average molecular weight is 258 g/mol. The van der Waals surface area contributed by atoms with Gasteiger partial charge >= 0.3 is 0 Å². The Bertz CT molecular complexity index is 258. The Morgan fingerprint density at radius 2 is 1.93 bits per heavy atom. The first kappa shape index (κ1) is 11.7. The Balaban J connectivity index is 2.21. The lowest BCUT2D eigenvalue weighted by Gasteiger charge is -2.07. The summed E-state index contributed by atoms with van der Waals surface area (Å²) >= 11 is 3.39. The van der Waals surface area contributed by atoms with E-state index in [0.29, 0.717) is 5.92 Å². The van der Waals surface area contributed by atoms with Crippen LogP contribution in [0.3, 0.4) is 0 Å². The molecule has 0 atom stereocenters. The van der Waals surface area contributed by atoms with Gasteiger partial charge in [-0.1, -0.05) is 41.9 Å². The van der Waals surface area contributed by atoms with Gasteiger partial charge < -0.3 is 4.84 Å². The van der Waals surface area contributed by atoms with Crippen LogP contribution in [0.5, 0.6) is 0 Å². The molecular weight excluding hydrogens is 242 g/mol. The minimum Gasteiger partial charge on any atom is -0.301 e. The van der Waals surface area contributed by atoms with Gasteiger partial charge in [0.1, 0.15) is 0 Å². The van der Waals surface area contributed by atoms with Gasteiger partial charge in [-0.2, -0.15) is 5.48 Å². The lowest BCUT2D eigenvalue weighted by atomic mass is 10.2. The fourth-order valence-corrected chi connectivity index (χ4v) is 1.23. The molecule has 0 saturated carbocycles. The Hall–Kier alpha value is -0.380. The number of hydrogen-bond acceptors (Lipinski definition) is 2. The van der Waals surface area contributed by atoms with E-state index in [1.165, 1.54) is 5.56 Å². The molecule has 0 bridgehead atoms. The van der Waals surface area contributed by atoms with Gasteiger partial charge in [-0.05, 0) is 23.6 Å². The maximum Gasteiger partial charge on any atom is 0.0705 e. The molecule has 0 aliphatic carbocycles. The normalized spacial score (nSPS) is 10.9. The topological polar surface area (TPSA) is 21.3 Å². The minimum atomic E-state index is 0.562. The second-order valence-electron chi connectivity index (χ2n) is 3.65. The van der Waals surface area contributed by atoms with Gasteiger partial charge in [0.15, 0.2) is 0 Å². The third-order valence-electron chi connectivity index (χ3n) is 1.71. The first-order valence-electron chi connectivity index (χ1n) is 4.77. The van der Waals surface area contributed by atoms with Crippen molar-refractivity contribution in [2.24, 2.45) is 5.92 Å². The van der Waals surface area contributed by atoms with Crippen molar-refractivity contribution in [1.82, 2.24) is 5.48 Å². The first-order valence-corrected chi connectivity index (χ1v) is 5.57. The zero-order valence-electron chi connectivity index (χ0n) is 8.59. The van der Waals surface area contributed by atoms with Gasteiger partial charge in [0.05, 0.1) is 6.61 Å². The molecule has 0 aliphatic heterocycles. The smallest absolute Gasteiger partial charge is 0.0705 e. The van der Waals surface area contributed by atoms with Crippen LogP contribution < -0.4 is 5.48 Å². The monoisotopic (exact) mass is 257 g/mol. The molecule has 0 unspecified atom stereocenters. The van der Waals surface area contributed by atoms with Crippen molar-refractivity contribution in [2.75, 3.05) is 6.61 Å². The number of benzene rings is 1. The minimum absolute atomic E-state index is 0.562. The van der Waals surface area contributed by atoms with Gasteiger partial charge in [-0.15, -0.1) is 0 Å². The standard InChI is InChI=1S/C11H16BrNO/c1-9(2)8-14-13-7-10-3-5-11(12)6-4-10/h3-6,9,13H,7-8H2,1-2H3. The zero-order chi connectivity index (χ0) is 10.4. The van der Waals surface area contributed by atoms with E-state index in [1.807, 2.05) is 12.1 Å². The maximum absolute atomic E-state index is 5.27. The van der Waals surface area contributed by atoms with Crippen LogP contribution in [-0.2, 0) is 11.4 Å². The molecule has 0 aliphatic rings. The molecule has 3 heteroatoms.